The number of likely N-dealkylation sites (tertiary alicyclic amines) is 1. The topological polar surface area (TPSA) is 41.6 Å². The fourth-order valence-electron chi connectivity index (χ4n) is 2.69. The number of nitrogens with zero attached hydrogens (tertiary/aromatic N) is 2. The van der Waals surface area contributed by atoms with Crippen molar-refractivity contribution in [2.45, 2.75) is 25.4 Å². The van der Waals surface area contributed by atoms with E-state index in [1.54, 1.807) is 6.21 Å². The molecule has 0 spiro atoms. The number of alkyl halides is 3. The predicted octanol–water partition coefficient (Wildman–Crippen LogP) is 2.80. The SMILES string of the molecule is NN=Cc1cccc(CCN2CCC(C(F)(F)F)CC2)c1. The minimum absolute atomic E-state index is 0.212. The summed E-state index contributed by atoms with van der Waals surface area (Å²) in [5.41, 5.74) is 2.08. The van der Waals surface area contributed by atoms with Gasteiger partial charge in [0.2, 0.25) is 0 Å². The van der Waals surface area contributed by atoms with Crippen molar-refractivity contribution in [1.82, 2.24) is 4.90 Å². The summed E-state index contributed by atoms with van der Waals surface area (Å²) < 4.78 is 37.8. The highest BCUT2D eigenvalue weighted by atomic mass is 19.4. The van der Waals surface area contributed by atoms with E-state index in [1.807, 2.05) is 24.3 Å². The Morgan fingerprint density at radius 1 is 1.29 bits per heavy atom. The average molecular weight is 299 g/mol. The molecule has 0 radical (unpaired) electrons. The first-order chi connectivity index (χ1) is 9.99. The summed E-state index contributed by atoms with van der Waals surface area (Å²) in [6.45, 7) is 1.83. The monoisotopic (exact) mass is 299 g/mol. The molecule has 21 heavy (non-hydrogen) atoms. The lowest BCUT2D eigenvalue weighted by Gasteiger charge is -2.32. The highest BCUT2D eigenvalue weighted by molar-refractivity contribution is 5.79. The molecule has 0 aromatic heterocycles. The second-order valence-electron chi connectivity index (χ2n) is 5.43. The van der Waals surface area contributed by atoms with Crippen LogP contribution < -0.4 is 5.84 Å². The third-order valence-corrected chi connectivity index (χ3v) is 3.94. The molecule has 0 unspecified atom stereocenters. The number of benzene rings is 1. The van der Waals surface area contributed by atoms with E-state index >= 15 is 0 Å². The highest BCUT2D eigenvalue weighted by Gasteiger charge is 2.40. The van der Waals surface area contributed by atoms with E-state index in [0.29, 0.717) is 13.1 Å². The Hall–Kier alpha value is -1.56. The van der Waals surface area contributed by atoms with Crippen molar-refractivity contribution < 1.29 is 13.2 Å². The number of piperidine rings is 1. The van der Waals surface area contributed by atoms with Crippen LogP contribution in [0.15, 0.2) is 29.4 Å². The van der Waals surface area contributed by atoms with Crippen LogP contribution in [0.1, 0.15) is 24.0 Å². The van der Waals surface area contributed by atoms with Gasteiger partial charge >= 0.3 is 6.18 Å². The van der Waals surface area contributed by atoms with Gasteiger partial charge in [-0.1, -0.05) is 24.3 Å². The van der Waals surface area contributed by atoms with Crippen LogP contribution in [0.5, 0.6) is 0 Å². The fraction of sp³-hybridized carbons (Fsp3) is 0.533. The van der Waals surface area contributed by atoms with E-state index in [2.05, 4.69) is 10.0 Å². The van der Waals surface area contributed by atoms with Crippen LogP contribution in [-0.4, -0.2) is 36.9 Å². The normalized spacial score (nSPS) is 18.4. The van der Waals surface area contributed by atoms with Gasteiger partial charge in [0.15, 0.2) is 0 Å². The Kier molecular flexibility index (Phi) is 5.22. The van der Waals surface area contributed by atoms with E-state index in [-0.39, 0.29) is 12.8 Å². The average Bonchev–Trinajstić information content (AvgIpc) is 2.45. The predicted molar refractivity (Wildman–Crippen MR) is 77.1 cm³/mol. The lowest BCUT2D eigenvalue weighted by atomic mass is 9.96. The first-order valence-corrected chi connectivity index (χ1v) is 7.10. The molecular weight excluding hydrogens is 279 g/mol. The third-order valence-electron chi connectivity index (χ3n) is 3.94. The van der Waals surface area contributed by atoms with E-state index in [1.165, 1.54) is 0 Å². The van der Waals surface area contributed by atoms with Gasteiger partial charge in [-0.05, 0) is 43.5 Å². The van der Waals surface area contributed by atoms with E-state index in [9.17, 15) is 13.2 Å². The van der Waals surface area contributed by atoms with Gasteiger partial charge in [0.1, 0.15) is 0 Å². The van der Waals surface area contributed by atoms with Crippen LogP contribution in [0, 0.1) is 5.92 Å². The Balaban J connectivity index is 1.81. The van der Waals surface area contributed by atoms with Crippen LogP contribution in [0.25, 0.3) is 0 Å². The van der Waals surface area contributed by atoms with Crippen LogP contribution in [0.2, 0.25) is 0 Å². The number of rotatable bonds is 4. The second kappa shape index (κ2) is 6.93. The van der Waals surface area contributed by atoms with Gasteiger partial charge in [-0.15, -0.1) is 0 Å². The van der Waals surface area contributed by atoms with Crippen LogP contribution in [-0.2, 0) is 6.42 Å². The summed E-state index contributed by atoms with van der Waals surface area (Å²) in [6.07, 6.45) is -1.21. The molecule has 1 aromatic carbocycles. The second-order valence-corrected chi connectivity index (χ2v) is 5.43. The van der Waals surface area contributed by atoms with Crippen molar-refractivity contribution in [3.05, 3.63) is 35.4 Å². The van der Waals surface area contributed by atoms with Gasteiger partial charge in [-0.2, -0.15) is 18.3 Å². The standard InChI is InChI=1S/C15H20F3N3/c16-15(17,18)14-5-8-21(9-6-14)7-4-12-2-1-3-13(10-12)11-20-19/h1-3,10-11,14H,4-9,19H2. The molecule has 0 amide bonds. The first-order valence-electron chi connectivity index (χ1n) is 7.10. The molecular formula is C15H20F3N3. The molecule has 0 bridgehead atoms. The van der Waals surface area contributed by atoms with Gasteiger partial charge in [0, 0.05) is 6.54 Å². The Morgan fingerprint density at radius 3 is 2.62 bits per heavy atom. The molecule has 2 rings (SSSR count). The zero-order valence-electron chi connectivity index (χ0n) is 11.8. The molecule has 116 valence electrons. The molecule has 0 aliphatic carbocycles. The minimum atomic E-state index is -4.04. The first kappa shape index (κ1) is 15.8. The summed E-state index contributed by atoms with van der Waals surface area (Å²) in [5.74, 6) is 3.99. The molecule has 0 atom stereocenters. The van der Waals surface area contributed by atoms with Crippen LogP contribution >= 0.6 is 0 Å². The van der Waals surface area contributed by atoms with E-state index in [0.717, 1.165) is 24.1 Å². The van der Waals surface area contributed by atoms with Crippen molar-refractivity contribution in [2.75, 3.05) is 19.6 Å². The largest absolute Gasteiger partial charge is 0.391 e. The van der Waals surface area contributed by atoms with E-state index in [4.69, 9.17) is 5.84 Å². The smallest absolute Gasteiger partial charge is 0.323 e. The van der Waals surface area contributed by atoms with E-state index < -0.39 is 12.1 Å². The Bertz CT molecular complexity index is 477. The van der Waals surface area contributed by atoms with Crippen molar-refractivity contribution >= 4 is 6.21 Å². The maximum Gasteiger partial charge on any atom is 0.391 e. The fourth-order valence-corrected chi connectivity index (χ4v) is 2.69. The van der Waals surface area contributed by atoms with Crippen LogP contribution in [0.3, 0.4) is 0 Å². The summed E-state index contributed by atoms with van der Waals surface area (Å²) in [4.78, 5) is 2.10. The van der Waals surface area contributed by atoms with Gasteiger partial charge in [-0.25, -0.2) is 0 Å². The summed E-state index contributed by atoms with van der Waals surface area (Å²) in [7, 11) is 0. The number of hydrazone groups is 1. The van der Waals surface area contributed by atoms with Gasteiger partial charge in [0.05, 0.1) is 12.1 Å². The van der Waals surface area contributed by atoms with Gasteiger partial charge in [-0.3, -0.25) is 0 Å². The minimum Gasteiger partial charge on any atom is -0.323 e. The summed E-state index contributed by atoms with van der Waals surface area (Å²) in [6, 6.07) is 7.85. The highest BCUT2D eigenvalue weighted by Crippen LogP contribution is 2.34. The molecule has 1 fully saturated rings. The van der Waals surface area contributed by atoms with Gasteiger partial charge in [0.25, 0.3) is 0 Å². The lowest BCUT2D eigenvalue weighted by Crippen LogP contribution is -2.39. The number of halogens is 3. The Morgan fingerprint density at radius 2 is 2.00 bits per heavy atom. The zero-order valence-corrected chi connectivity index (χ0v) is 11.8. The molecule has 1 aliphatic heterocycles. The maximum atomic E-state index is 12.6. The lowest BCUT2D eigenvalue weighted by molar-refractivity contribution is -0.185. The molecule has 0 saturated carbocycles. The maximum absolute atomic E-state index is 12.6. The van der Waals surface area contributed by atoms with Crippen molar-refractivity contribution in [1.29, 1.82) is 0 Å². The summed E-state index contributed by atoms with van der Waals surface area (Å²) in [5, 5.41) is 3.49. The quantitative estimate of drug-likeness (QED) is 0.528. The molecule has 1 heterocycles. The van der Waals surface area contributed by atoms with Crippen molar-refractivity contribution in [2.24, 2.45) is 16.9 Å². The number of hydrogen-bond acceptors (Lipinski definition) is 3. The molecule has 2 N–H and O–H groups in total. The summed E-state index contributed by atoms with van der Waals surface area (Å²) >= 11 is 0. The third kappa shape index (κ3) is 4.74. The molecule has 1 aromatic rings. The molecule has 6 heteroatoms. The zero-order chi connectivity index (χ0) is 15.3. The number of hydrogen-bond donors (Lipinski definition) is 1. The Labute approximate surface area is 122 Å². The van der Waals surface area contributed by atoms with Crippen molar-refractivity contribution in [3.63, 3.8) is 0 Å². The van der Waals surface area contributed by atoms with Gasteiger partial charge < -0.3 is 10.7 Å². The molecule has 3 nitrogen and oxygen atoms in total. The molecule has 1 saturated heterocycles. The number of nitrogens with two attached hydrogens (primary N) is 1. The van der Waals surface area contributed by atoms with Crippen molar-refractivity contribution in [3.8, 4) is 0 Å². The van der Waals surface area contributed by atoms with Crippen LogP contribution in [0.4, 0.5) is 13.2 Å². The molecule has 1 aliphatic rings.